The van der Waals surface area contributed by atoms with Gasteiger partial charge in [-0.05, 0) is 0 Å². The Morgan fingerprint density at radius 3 is 1.35 bits per heavy atom. The molecule has 3 saturated heterocycles. The molecule has 16 heteroatoms. The smallest absolute Gasteiger partial charge is 0.187 e. The summed E-state index contributed by atoms with van der Waals surface area (Å²) in [5.41, 5.74) is 0. The van der Waals surface area contributed by atoms with Crippen molar-refractivity contribution in [3.05, 3.63) is 0 Å². The Hall–Kier alpha value is -0.640. The van der Waals surface area contributed by atoms with Crippen LogP contribution in [-0.4, -0.2) is 168 Å². The van der Waals surface area contributed by atoms with E-state index in [1.807, 2.05) is 0 Å². The molecule has 0 aromatic rings. The van der Waals surface area contributed by atoms with E-state index in [9.17, 15) is 56.2 Å². The zero-order valence-corrected chi connectivity index (χ0v) is 17.7. The van der Waals surface area contributed by atoms with Gasteiger partial charge in [-0.25, -0.2) is 0 Å². The summed E-state index contributed by atoms with van der Waals surface area (Å²) < 4.78 is 26.4. The Morgan fingerprint density at radius 1 is 0.441 bits per heavy atom. The quantitative estimate of drug-likeness (QED) is 0.154. The van der Waals surface area contributed by atoms with Gasteiger partial charge in [0.1, 0.15) is 73.2 Å². The number of aliphatic hydroxyl groups excluding tert-OH is 11. The van der Waals surface area contributed by atoms with Crippen LogP contribution >= 0.6 is 0 Å². The van der Waals surface area contributed by atoms with Crippen LogP contribution in [0.3, 0.4) is 0 Å². The van der Waals surface area contributed by atoms with Crippen molar-refractivity contribution in [1.82, 2.24) is 0 Å². The summed E-state index contributed by atoms with van der Waals surface area (Å²) in [6.45, 7) is -2.32. The molecule has 3 aliphatic heterocycles. The van der Waals surface area contributed by atoms with Gasteiger partial charge >= 0.3 is 0 Å². The van der Waals surface area contributed by atoms with Crippen molar-refractivity contribution in [3.63, 3.8) is 0 Å². The van der Waals surface area contributed by atoms with E-state index in [1.54, 1.807) is 0 Å². The van der Waals surface area contributed by atoms with Gasteiger partial charge in [-0.15, -0.1) is 0 Å². The van der Waals surface area contributed by atoms with E-state index in [4.69, 9.17) is 23.7 Å². The number of ether oxygens (including phenoxy) is 5. The Bertz CT molecular complexity index is 635. The third-order valence-corrected chi connectivity index (χ3v) is 6.09. The molecule has 0 amide bonds. The van der Waals surface area contributed by atoms with Gasteiger partial charge in [0.25, 0.3) is 0 Å². The maximum absolute atomic E-state index is 10.6. The predicted molar refractivity (Wildman–Crippen MR) is 101 cm³/mol. The van der Waals surface area contributed by atoms with Crippen molar-refractivity contribution < 1.29 is 79.9 Å². The lowest BCUT2D eigenvalue weighted by Gasteiger charge is -2.47. The topological polar surface area (TPSA) is 269 Å². The minimum Gasteiger partial charge on any atom is -0.394 e. The first-order valence-corrected chi connectivity index (χ1v) is 10.6. The molecule has 0 aromatic heterocycles. The van der Waals surface area contributed by atoms with Gasteiger partial charge in [0.05, 0.1) is 19.8 Å². The van der Waals surface area contributed by atoms with Crippen molar-refractivity contribution in [2.24, 2.45) is 0 Å². The molecule has 3 fully saturated rings. The molecule has 0 spiro atoms. The summed E-state index contributed by atoms with van der Waals surface area (Å²) in [6.07, 6.45) is -25.1. The molecule has 0 unspecified atom stereocenters. The van der Waals surface area contributed by atoms with E-state index in [0.29, 0.717) is 0 Å². The van der Waals surface area contributed by atoms with Gasteiger partial charge in [0.15, 0.2) is 18.9 Å². The molecule has 0 aromatic carbocycles. The summed E-state index contributed by atoms with van der Waals surface area (Å²) in [6, 6.07) is 0. The van der Waals surface area contributed by atoms with Crippen molar-refractivity contribution in [3.8, 4) is 0 Å². The van der Waals surface area contributed by atoms with Crippen LogP contribution in [0.5, 0.6) is 0 Å². The Balaban J connectivity index is 1.72. The second-order valence-electron chi connectivity index (χ2n) is 8.33. The maximum atomic E-state index is 10.6. The molecular weight excluding hydrogens is 472 g/mol. The Kier molecular flexibility index (Phi) is 9.54. The van der Waals surface area contributed by atoms with Crippen molar-refractivity contribution in [2.75, 3.05) is 19.8 Å². The molecule has 3 aliphatic rings. The second-order valence-corrected chi connectivity index (χ2v) is 8.33. The standard InChI is InChI=1S/C18H32O16/c19-1-4-7(22)8(23)12(27)17(31-4)34-15-6(3-21)32-18(13(28)10(15)25)33-14-5(2-20)30-16(29)11(26)9(14)24/h4-29H,1-3H2/t4-,5-,6-,7-,8+,9-,10-,11-,12-,13-,14+,15-,16+,17+,18-/m1/s1. The van der Waals surface area contributed by atoms with Gasteiger partial charge < -0.3 is 79.9 Å². The molecule has 0 saturated carbocycles. The first kappa shape index (κ1) is 27.9. The zero-order chi connectivity index (χ0) is 25.3. The van der Waals surface area contributed by atoms with Crippen LogP contribution in [0.2, 0.25) is 0 Å². The molecule has 200 valence electrons. The molecular formula is C18H32O16. The lowest BCUT2D eigenvalue weighted by Crippen LogP contribution is -2.66. The highest BCUT2D eigenvalue weighted by Gasteiger charge is 2.53. The predicted octanol–water partition coefficient (Wildman–Crippen LogP) is -7.57. The third-order valence-electron chi connectivity index (χ3n) is 6.09. The largest absolute Gasteiger partial charge is 0.394 e. The summed E-state index contributed by atoms with van der Waals surface area (Å²) in [5, 5.41) is 109. The average Bonchev–Trinajstić information content (AvgIpc) is 2.83. The molecule has 11 N–H and O–H groups in total. The van der Waals surface area contributed by atoms with Crippen LogP contribution in [0.25, 0.3) is 0 Å². The molecule has 0 bridgehead atoms. The molecule has 0 aliphatic carbocycles. The van der Waals surface area contributed by atoms with Gasteiger partial charge in [0.2, 0.25) is 0 Å². The molecule has 16 nitrogen and oxygen atoms in total. The van der Waals surface area contributed by atoms with Crippen molar-refractivity contribution >= 4 is 0 Å². The highest BCUT2D eigenvalue weighted by atomic mass is 16.8. The molecule has 34 heavy (non-hydrogen) atoms. The van der Waals surface area contributed by atoms with E-state index >= 15 is 0 Å². The molecule has 3 rings (SSSR count). The van der Waals surface area contributed by atoms with E-state index in [2.05, 4.69) is 0 Å². The van der Waals surface area contributed by atoms with Gasteiger partial charge in [-0.2, -0.15) is 0 Å². The van der Waals surface area contributed by atoms with Crippen LogP contribution in [0, 0.1) is 0 Å². The first-order valence-electron chi connectivity index (χ1n) is 10.6. The van der Waals surface area contributed by atoms with Crippen LogP contribution in [0.15, 0.2) is 0 Å². The second kappa shape index (κ2) is 11.6. The number of aliphatic hydroxyl groups is 11. The molecule has 15 atom stereocenters. The fraction of sp³-hybridized carbons (Fsp3) is 1.00. The van der Waals surface area contributed by atoms with Gasteiger partial charge in [-0.3, -0.25) is 0 Å². The third kappa shape index (κ3) is 5.37. The SMILES string of the molecule is OC[C@H]1O[C@@H](O[C@H]2[C@H](O)[C@@H](O)[C@@H](O[C@@H]3[C@H](O)[C@@H](O)[C@@H](O)O[C@@H]3CO)O[C@@H]2CO)[C@H](O)[C@@H](O)[C@@H]1O. The average molecular weight is 504 g/mol. The fourth-order valence-electron chi connectivity index (χ4n) is 4.06. The Labute approximate surface area is 192 Å². The fourth-order valence-corrected chi connectivity index (χ4v) is 4.06. The summed E-state index contributed by atoms with van der Waals surface area (Å²) in [7, 11) is 0. The van der Waals surface area contributed by atoms with Crippen LogP contribution in [-0.2, 0) is 23.7 Å². The van der Waals surface area contributed by atoms with Crippen LogP contribution in [0.1, 0.15) is 0 Å². The van der Waals surface area contributed by atoms with Crippen molar-refractivity contribution in [1.29, 1.82) is 0 Å². The van der Waals surface area contributed by atoms with Crippen LogP contribution in [0.4, 0.5) is 0 Å². The number of hydrogen-bond acceptors (Lipinski definition) is 16. The van der Waals surface area contributed by atoms with E-state index in [1.165, 1.54) is 0 Å². The van der Waals surface area contributed by atoms with E-state index in [-0.39, 0.29) is 0 Å². The highest BCUT2D eigenvalue weighted by molar-refractivity contribution is 4.96. The number of hydrogen-bond donors (Lipinski definition) is 11. The van der Waals surface area contributed by atoms with Crippen LogP contribution < -0.4 is 0 Å². The summed E-state index contributed by atoms with van der Waals surface area (Å²) in [4.78, 5) is 0. The lowest BCUT2D eigenvalue weighted by atomic mass is 9.96. The number of rotatable bonds is 7. The normalized spacial score (nSPS) is 52.5. The maximum Gasteiger partial charge on any atom is 0.187 e. The summed E-state index contributed by atoms with van der Waals surface area (Å²) in [5.74, 6) is 0. The molecule has 0 radical (unpaired) electrons. The highest BCUT2D eigenvalue weighted by Crippen LogP contribution is 2.32. The minimum atomic E-state index is -1.91. The zero-order valence-electron chi connectivity index (χ0n) is 17.7. The lowest BCUT2D eigenvalue weighted by molar-refractivity contribution is -0.377. The minimum absolute atomic E-state index is 0.741. The van der Waals surface area contributed by atoms with E-state index in [0.717, 1.165) is 0 Å². The van der Waals surface area contributed by atoms with Crippen molar-refractivity contribution in [2.45, 2.75) is 92.1 Å². The molecule has 3 heterocycles. The van der Waals surface area contributed by atoms with Gasteiger partial charge in [0, 0.05) is 0 Å². The monoisotopic (exact) mass is 504 g/mol. The Morgan fingerprint density at radius 2 is 0.853 bits per heavy atom. The van der Waals surface area contributed by atoms with Gasteiger partial charge in [-0.1, -0.05) is 0 Å². The summed E-state index contributed by atoms with van der Waals surface area (Å²) >= 11 is 0. The first-order chi connectivity index (χ1) is 16.0. The van der Waals surface area contributed by atoms with E-state index < -0.39 is 112 Å².